The summed E-state index contributed by atoms with van der Waals surface area (Å²) in [5, 5.41) is -0.181. The van der Waals surface area contributed by atoms with Gasteiger partial charge in [0.1, 0.15) is 11.2 Å². The molecule has 2 saturated heterocycles. The van der Waals surface area contributed by atoms with Crippen LogP contribution in [-0.4, -0.2) is 66.1 Å². The van der Waals surface area contributed by atoms with Crippen molar-refractivity contribution in [3.05, 3.63) is 63.8 Å². The van der Waals surface area contributed by atoms with E-state index in [2.05, 4.69) is 16.8 Å². The SMILES string of the molecule is [2H]C([2H])([2H])n1c(=O)nc(N2CCOCc3c(C#CC4(C(F)(F)F)CCN(C5COC5)C4)cccc32)c2c(F)cccc21. The van der Waals surface area contributed by atoms with Gasteiger partial charge in [-0.2, -0.15) is 18.2 Å². The molecule has 7 nitrogen and oxygen atoms in total. The third kappa shape index (κ3) is 4.36. The second-order valence-corrected chi connectivity index (χ2v) is 9.94. The predicted molar refractivity (Wildman–Crippen MR) is 136 cm³/mol. The Morgan fingerprint density at radius 3 is 2.72 bits per heavy atom. The van der Waals surface area contributed by atoms with Gasteiger partial charge >= 0.3 is 11.9 Å². The zero-order chi connectivity index (χ0) is 29.9. The number of anilines is 2. The Labute approximate surface area is 226 Å². The number of fused-ring (bicyclic) bond motifs is 2. The van der Waals surface area contributed by atoms with E-state index in [0.717, 1.165) is 6.07 Å². The van der Waals surface area contributed by atoms with Crippen LogP contribution in [0.3, 0.4) is 0 Å². The van der Waals surface area contributed by atoms with E-state index in [1.807, 2.05) is 0 Å². The maximum Gasteiger partial charge on any atom is 0.406 e. The summed E-state index contributed by atoms with van der Waals surface area (Å²) in [5.74, 6) is 4.43. The molecule has 1 atom stereocenters. The van der Waals surface area contributed by atoms with Crippen molar-refractivity contribution in [1.29, 1.82) is 0 Å². The molecule has 2 fully saturated rings. The normalized spacial score (nSPS) is 23.7. The molecule has 6 rings (SSSR count). The molecule has 11 heteroatoms. The van der Waals surface area contributed by atoms with E-state index in [-0.39, 0.29) is 62.0 Å². The molecule has 0 saturated carbocycles. The zero-order valence-electron chi connectivity index (χ0n) is 23.7. The van der Waals surface area contributed by atoms with Gasteiger partial charge in [0.15, 0.2) is 5.82 Å². The number of hydrogen-bond acceptors (Lipinski definition) is 6. The average Bonchev–Trinajstić information content (AvgIpc) is 3.18. The molecular weight excluding hydrogens is 516 g/mol. The second kappa shape index (κ2) is 9.62. The lowest BCUT2D eigenvalue weighted by molar-refractivity contribution is -0.199. The van der Waals surface area contributed by atoms with Crippen LogP contribution in [0, 0.1) is 23.1 Å². The fraction of sp³-hybridized carbons (Fsp3) is 0.429. The fourth-order valence-electron chi connectivity index (χ4n) is 5.36. The molecule has 4 heterocycles. The number of likely N-dealkylation sites (tertiary alicyclic amines) is 1. The standard InChI is InChI=1S/C28H26F4N4O3/c1-34-23-7-3-5-21(29)24(23)25(33-26(34)37)36-12-13-38-16-20-18(4-2-6-22(20)36)8-9-27(28(30,31)32)10-11-35(17-27)19-14-39-15-19/h2-7,19H,10-17H2,1H3/i1D3. The van der Waals surface area contributed by atoms with E-state index >= 15 is 4.39 Å². The highest BCUT2D eigenvalue weighted by atomic mass is 19.4. The summed E-state index contributed by atoms with van der Waals surface area (Å²) in [5.41, 5.74) is -2.30. The highest BCUT2D eigenvalue weighted by molar-refractivity contribution is 5.92. The lowest BCUT2D eigenvalue weighted by atomic mass is 9.86. The molecule has 0 aliphatic carbocycles. The summed E-state index contributed by atoms with van der Waals surface area (Å²) in [6, 6.07) is 8.57. The lowest BCUT2D eigenvalue weighted by Gasteiger charge is -2.35. The molecule has 39 heavy (non-hydrogen) atoms. The lowest BCUT2D eigenvalue weighted by Crippen LogP contribution is -2.50. The summed E-state index contributed by atoms with van der Waals surface area (Å²) >= 11 is 0. The first-order valence-corrected chi connectivity index (χ1v) is 12.5. The van der Waals surface area contributed by atoms with Crippen LogP contribution in [-0.2, 0) is 23.1 Å². The number of alkyl halides is 3. The highest BCUT2D eigenvalue weighted by Gasteiger charge is 2.58. The topological polar surface area (TPSA) is 59.8 Å². The molecule has 0 bridgehead atoms. The molecule has 3 aromatic rings. The van der Waals surface area contributed by atoms with Crippen molar-refractivity contribution in [2.75, 3.05) is 44.4 Å². The number of aryl methyl sites for hydroxylation is 1. The van der Waals surface area contributed by atoms with Crippen molar-refractivity contribution in [3.63, 3.8) is 0 Å². The summed E-state index contributed by atoms with van der Waals surface area (Å²) in [7, 11) is 0. The molecule has 3 aliphatic rings. The molecule has 0 radical (unpaired) electrons. The van der Waals surface area contributed by atoms with Crippen molar-refractivity contribution in [3.8, 4) is 11.8 Å². The summed E-state index contributed by atoms with van der Waals surface area (Å²) in [6.45, 7) is -1.85. The Morgan fingerprint density at radius 2 is 1.97 bits per heavy atom. The van der Waals surface area contributed by atoms with Gasteiger partial charge in [-0.15, -0.1) is 0 Å². The summed E-state index contributed by atoms with van der Waals surface area (Å²) in [4.78, 5) is 20.3. The van der Waals surface area contributed by atoms with Crippen molar-refractivity contribution in [1.82, 2.24) is 14.5 Å². The van der Waals surface area contributed by atoms with E-state index in [4.69, 9.17) is 13.6 Å². The van der Waals surface area contributed by atoms with Crippen LogP contribution in [0.2, 0.25) is 0 Å². The average molecular weight is 546 g/mol. The van der Waals surface area contributed by atoms with E-state index in [0.29, 0.717) is 34.6 Å². The maximum atomic E-state index is 15.3. The van der Waals surface area contributed by atoms with Crippen LogP contribution in [0.5, 0.6) is 0 Å². The number of nitrogens with zero attached hydrogens (tertiary/aromatic N) is 4. The minimum Gasteiger partial charge on any atom is -0.378 e. The Morgan fingerprint density at radius 1 is 1.15 bits per heavy atom. The molecule has 1 unspecified atom stereocenters. The van der Waals surface area contributed by atoms with Crippen molar-refractivity contribution >= 4 is 22.4 Å². The molecule has 1 aromatic heterocycles. The molecule has 0 amide bonds. The van der Waals surface area contributed by atoms with Gasteiger partial charge < -0.3 is 14.4 Å². The minimum atomic E-state index is -4.55. The third-order valence-electron chi connectivity index (χ3n) is 7.67. The van der Waals surface area contributed by atoms with Crippen LogP contribution in [0.15, 0.2) is 41.2 Å². The van der Waals surface area contributed by atoms with Gasteiger partial charge in [0.2, 0.25) is 0 Å². The smallest absolute Gasteiger partial charge is 0.378 e. The van der Waals surface area contributed by atoms with E-state index in [1.165, 1.54) is 17.0 Å². The molecule has 3 aliphatic heterocycles. The van der Waals surface area contributed by atoms with Crippen molar-refractivity contribution < 1.29 is 31.1 Å². The number of halogens is 4. The van der Waals surface area contributed by atoms with E-state index < -0.39 is 30.1 Å². The van der Waals surface area contributed by atoms with E-state index in [1.54, 1.807) is 23.1 Å². The number of rotatable bonds is 2. The quantitative estimate of drug-likeness (QED) is 0.361. The Bertz CT molecular complexity index is 1660. The molecule has 0 spiro atoms. The first kappa shape index (κ1) is 22.4. The van der Waals surface area contributed by atoms with Crippen molar-refractivity contribution in [2.24, 2.45) is 12.4 Å². The van der Waals surface area contributed by atoms with Gasteiger partial charge in [-0.3, -0.25) is 9.47 Å². The Balaban J connectivity index is 1.46. The summed E-state index contributed by atoms with van der Waals surface area (Å²) < 4.78 is 93.2. The molecule has 204 valence electrons. The number of aromatic nitrogens is 2. The van der Waals surface area contributed by atoms with Crippen LogP contribution >= 0.6 is 0 Å². The van der Waals surface area contributed by atoms with Crippen LogP contribution in [0.4, 0.5) is 29.1 Å². The summed E-state index contributed by atoms with van der Waals surface area (Å²) in [6.07, 6.45) is -4.71. The molecular formula is C28H26F4N4O3. The van der Waals surface area contributed by atoms with E-state index in [9.17, 15) is 18.0 Å². The fourth-order valence-corrected chi connectivity index (χ4v) is 5.36. The van der Waals surface area contributed by atoms with Crippen LogP contribution < -0.4 is 10.6 Å². The van der Waals surface area contributed by atoms with Crippen LogP contribution in [0.25, 0.3) is 10.9 Å². The third-order valence-corrected chi connectivity index (χ3v) is 7.67. The van der Waals surface area contributed by atoms with Gasteiger partial charge in [-0.25, -0.2) is 9.18 Å². The Kier molecular flexibility index (Phi) is 5.52. The first-order chi connectivity index (χ1) is 19.9. The number of ether oxygens (including phenoxy) is 2. The largest absolute Gasteiger partial charge is 0.406 e. The Hall–Kier alpha value is -3.46. The highest BCUT2D eigenvalue weighted by Crippen LogP contribution is 2.46. The number of hydrogen-bond donors (Lipinski definition) is 0. The van der Waals surface area contributed by atoms with Gasteiger partial charge in [0, 0.05) is 47.5 Å². The number of benzene rings is 2. The van der Waals surface area contributed by atoms with Gasteiger partial charge in [0.05, 0.1) is 43.4 Å². The second-order valence-electron chi connectivity index (χ2n) is 9.94. The van der Waals surface area contributed by atoms with Crippen LogP contribution in [0.1, 0.15) is 21.7 Å². The minimum absolute atomic E-state index is 0.00793. The monoisotopic (exact) mass is 545 g/mol. The molecule has 0 N–H and O–H groups in total. The maximum absolute atomic E-state index is 15.3. The predicted octanol–water partition coefficient (Wildman–Crippen LogP) is 3.75. The first-order valence-electron chi connectivity index (χ1n) is 14.0. The van der Waals surface area contributed by atoms with Crippen molar-refractivity contribution in [2.45, 2.75) is 25.2 Å². The molecule has 2 aromatic carbocycles. The van der Waals surface area contributed by atoms with Gasteiger partial charge in [0.25, 0.3) is 0 Å². The van der Waals surface area contributed by atoms with Gasteiger partial charge in [-0.05, 0) is 30.7 Å². The zero-order valence-corrected chi connectivity index (χ0v) is 20.7. The van der Waals surface area contributed by atoms with Gasteiger partial charge in [-0.1, -0.05) is 24.0 Å².